The van der Waals surface area contributed by atoms with E-state index < -0.39 is 0 Å². The number of hydrogen-bond acceptors (Lipinski definition) is 4. The van der Waals surface area contributed by atoms with E-state index in [1.807, 2.05) is 31.2 Å². The van der Waals surface area contributed by atoms with E-state index in [9.17, 15) is 14.7 Å². The predicted molar refractivity (Wildman–Crippen MR) is 104 cm³/mol. The van der Waals surface area contributed by atoms with Crippen LogP contribution in [-0.4, -0.2) is 34.3 Å². The summed E-state index contributed by atoms with van der Waals surface area (Å²) in [5, 5.41) is 16.7. The Labute approximate surface area is 159 Å². The first-order valence-corrected chi connectivity index (χ1v) is 10.2. The van der Waals surface area contributed by atoms with Crippen molar-refractivity contribution < 1.29 is 9.90 Å². The second kappa shape index (κ2) is 7.60. The Morgan fingerprint density at radius 3 is 2.81 bits per heavy atom. The average molecular weight is 371 g/mol. The van der Waals surface area contributed by atoms with Gasteiger partial charge in [0.15, 0.2) is 0 Å². The molecule has 1 aliphatic carbocycles. The van der Waals surface area contributed by atoms with Crippen LogP contribution in [0.1, 0.15) is 56.3 Å². The molecule has 1 saturated heterocycles. The molecule has 27 heavy (non-hydrogen) atoms. The molecule has 2 bridgehead atoms. The molecule has 1 saturated carbocycles. The van der Waals surface area contributed by atoms with Gasteiger partial charge >= 0.3 is 0 Å². The maximum atomic E-state index is 13.1. The van der Waals surface area contributed by atoms with Crippen molar-refractivity contribution in [3.63, 3.8) is 0 Å². The molecule has 3 heterocycles. The first kappa shape index (κ1) is 18.4. The van der Waals surface area contributed by atoms with Crippen molar-refractivity contribution in [1.29, 1.82) is 0 Å². The summed E-state index contributed by atoms with van der Waals surface area (Å²) in [6.45, 7) is 2.33. The number of nitrogens with zero attached hydrogens (tertiary/aromatic N) is 1. The smallest absolute Gasteiger partial charge is 0.258 e. The number of carbonyl (C=O) groups is 1. The summed E-state index contributed by atoms with van der Waals surface area (Å²) in [5.41, 5.74) is 1.49. The highest BCUT2D eigenvalue weighted by Crippen LogP contribution is 2.41. The second-order valence-electron chi connectivity index (χ2n) is 8.10. The number of rotatable bonds is 4. The molecule has 1 aromatic heterocycles. The van der Waals surface area contributed by atoms with E-state index in [0.717, 1.165) is 31.4 Å². The van der Waals surface area contributed by atoms with Gasteiger partial charge in [-0.2, -0.15) is 0 Å². The zero-order chi connectivity index (χ0) is 19.0. The van der Waals surface area contributed by atoms with E-state index in [1.54, 1.807) is 4.57 Å². The summed E-state index contributed by atoms with van der Waals surface area (Å²) in [7, 11) is 0. The summed E-state index contributed by atoms with van der Waals surface area (Å²) in [5.74, 6) is -0.509. The zero-order valence-corrected chi connectivity index (χ0v) is 15.9. The largest absolute Gasteiger partial charge is 0.396 e. The highest BCUT2D eigenvalue weighted by atomic mass is 16.3. The molecule has 6 heteroatoms. The number of hydrogen-bond donors (Lipinski definition) is 3. The number of aromatic nitrogens is 1. The van der Waals surface area contributed by atoms with Gasteiger partial charge in [0.2, 0.25) is 5.91 Å². The normalized spacial score (nSPS) is 30.4. The molecule has 146 valence electrons. The maximum absolute atomic E-state index is 13.1. The summed E-state index contributed by atoms with van der Waals surface area (Å²) in [4.78, 5) is 26.0. The van der Waals surface area contributed by atoms with Crippen LogP contribution >= 0.6 is 0 Å². The third-order valence-corrected chi connectivity index (χ3v) is 6.48. The highest BCUT2D eigenvalue weighted by Gasteiger charge is 2.51. The number of pyridine rings is 1. The van der Waals surface area contributed by atoms with Crippen molar-refractivity contribution in [3.05, 3.63) is 39.8 Å². The minimum atomic E-state index is -0.345. The fourth-order valence-corrected chi connectivity index (χ4v) is 5.12. The van der Waals surface area contributed by atoms with Gasteiger partial charge in [-0.05, 0) is 31.9 Å². The Balaban J connectivity index is 1.64. The Bertz CT molecular complexity index is 794. The Morgan fingerprint density at radius 1 is 1.33 bits per heavy atom. The van der Waals surface area contributed by atoms with Crippen LogP contribution in [0.4, 0.5) is 0 Å². The van der Waals surface area contributed by atoms with Gasteiger partial charge in [0.05, 0.1) is 12.0 Å². The van der Waals surface area contributed by atoms with E-state index in [4.69, 9.17) is 0 Å². The number of aliphatic hydroxyl groups is 1. The van der Waals surface area contributed by atoms with E-state index in [2.05, 4.69) is 10.6 Å². The van der Waals surface area contributed by atoms with E-state index in [0.29, 0.717) is 12.1 Å². The molecule has 4 atom stereocenters. The standard InChI is InChI=1S/C21H29N3O3/c1-2-6-13-9-10-17-19-18(20(26)22-14-7-4-3-5-8-14)15(12-25)16(23-19)11-24(17)21(13)27/h2,6,9-10,14-16,18-19,23,25H,3-5,7-8,11-12H2,1H3,(H,22,26)/b6-2-/t15-,16-,18+,19+/m1/s1. The lowest BCUT2D eigenvalue weighted by molar-refractivity contribution is -0.128. The molecule has 2 fully saturated rings. The quantitative estimate of drug-likeness (QED) is 0.750. The number of aliphatic hydroxyl groups excluding tert-OH is 1. The van der Waals surface area contributed by atoms with Crippen LogP contribution in [0.2, 0.25) is 0 Å². The van der Waals surface area contributed by atoms with Crippen molar-refractivity contribution in [2.24, 2.45) is 11.8 Å². The fourth-order valence-electron chi connectivity index (χ4n) is 5.12. The van der Waals surface area contributed by atoms with Gasteiger partial charge in [-0.15, -0.1) is 0 Å². The molecular formula is C21H29N3O3. The molecule has 6 nitrogen and oxygen atoms in total. The third kappa shape index (κ3) is 3.25. The number of amides is 1. The Hall–Kier alpha value is -1.92. The highest BCUT2D eigenvalue weighted by molar-refractivity contribution is 5.81. The van der Waals surface area contributed by atoms with Gasteiger partial charge in [0.25, 0.3) is 5.56 Å². The maximum Gasteiger partial charge on any atom is 0.258 e. The van der Waals surface area contributed by atoms with Gasteiger partial charge in [-0.25, -0.2) is 0 Å². The van der Waals surface area contributed by atoms with Gasteiger partial charge in [-0.1, -0.05) is 31.4 Å². The monoisotopic (exact) mass is 371 g/mol. The molecule has 0 unspecified atom stereocenters. The van der Waals surface area contributed by atoms with Gasteiger partial charge < -0.3 is 20.3 Å². The van der Waals surface area contributed by atoms with Gasteiger partial charge in [0.1, 0.15) is 0 Å². The minimum Gasteiger partial charge on any atom is -0.396 e. The first-order chi connectivity index (χ1) is 13.1. The van der Waals surface area contributed by atoms with Crippen molar-refractivity contribution in [2.45, 2.75) is 63.7 Å². The van der Waals surface area contributed by atoms with Crippen LogP contribution in [0.5, 0.6) is 0 Å². The van der Waals surface area contributed by atoms with Crippen LogP contribution in [-0.2, 0) is 11.3 Å². The molecule has 1 aromatic rings. The lowest BCUT2D eigenvalue weighted by atomic mass is 9.85. The molecule has 1 amide bonds. The number of nitrogens with one attached hydrogen (secondary N) is 2. The van der Waals surface area contributed by atoms with Crippen LogP contribution in [0, 0.1) is 11.8 Å². The minimum absolute atomic E-state index is 0.0133. The second-order valence-corrected chi connectivity index (χ2v) is 8.10. The number of allylic oxidation sites excluding steroid dienone is 1. The summed E-state index contributed by atoms with van der Waals surface area (Å²) < 4.78 is 1.79. The summed E-state index contributed by atoms with van der Waals surface area (Å²) in [6, 6.07) is 3.74. The Kier molecular flexibility index (Phi) is 5.19. The van der Waals surface area contributed by atoms with E-state index >= 15 is 0 Å². The predicted octanol–water partition coefficient (Wildman–Crippen LogP) is 1.58. The molecule has 0 spiro atoms. The molecular weight excluding hydrogens is 342 g/mol. The molecule has 3 N–H and O–H groups in total. The van der Waals surface area contributed by atoms with Crippen molar-refractivity contribution in [2.75, 3.05) is 6.61 Å². The molecule has 4 rings (SSSR count). The summed E-state index contributed by atoms with van der Waals surface area (Å²) in [6.07, 6.45) is 9.31. The number of carbonyl (C=O) groups excluding carboxylic acids is 1. The fraction of sp³-hybridized carbons (Fsp3) is 0.619. The Morgan fingerprint density at radius 2 is 2.11 bits per heavy atom. The van der Waals surface area contributed by atoms with Crippen molar-refractivity contribution in [1.82, 2.24) is 15.2 Å². The average Bonchev–Trinajstić information content (AvgIpc) is 2.98. The topological polar surface area (TPSA) is 83.4 Å². The van der Waals surface area contributed by atoms with Gasteiger partial charge in [-0.3, -0.25) is 9.59 Å². The SMILES string of the molecule is C/C=C\c1ccc2n(c1=O)C[C@H]1N[C@@H]2[C@@H](C(=O)NC2CCCCC2)[C@@H]1CO. The van der Waals surface area contributed by atoms with Crippen molar-refractivity contribution >= 4 is 12.0 Å². The first-order valence-electron chi connectivity index (χ1n) is 10.2. The lowest BCUT2D eigenvalue weighted by Crippen LogP contribution is -2.44. The van der Waals surface area contributed by atoms with Crippen LogP contribution in [0.3, 0.4) is 0 Å². The third-order valence-electron chi connectivity index (χ3n) is 6.48. The van der Waals surface area contributed by atoms with Crippen LogP contribution in [0.25, 0.3) is 6.08 Å². The van der Waals surface area contributed by atoms with Crippen LogP contribution in [0.15, 0.2) is 23.0 Å². The molecule has 0 aromatic carbocycles. The van der Waals surface area contributed by atoms with Crippen LogP contribution < -0.4 is 16.2 Å². The molecule has 0 radical (unpaired) electrons. The van der Waals surface area contributed by atoms with Gasteiger partial charge in [0, 0.05) is 42.4 Å². The van der Waals surface area contributed by atoms with E-state index in [-0.39, 0.29) is 48.0 Å². The zero-order valence-electron chi connectivity index (χ0n) is 15.9. The molecule has 2 aliphatic heterocycles. The van der Waals surface area contributed by atoms with Crippen molar-refractivity contribution in [3.8, 4) is 0 Å². The number of fused-ring (bicyclic) bond motifs is 4. The summed E-state index contributed by atoms with van der Waals surface area (Å²) >= 11 is 0. The van der Waals surface area contributed by atoms with E-state index in [1.165, 1.54) is 6.42 Å². The lowest BCUT2D eigenvalue weighted by Gasteiger charge is -2.29. The molecule has 3 aliphatic rings.